The quantitative estimate of drug-likeness (QED) is 0.789. The van der Waals surface area contributed by atoms with E-state index in [2.05, 4.69) is 4.72 Å². The number of thiocarbonyl (C=S) groups is 1. The zero-order chi connectivity index (χ0) is 15.5. The lowest BCUT2D eigenvalue weighted by atomic mass is 10.0. The Bertz CT molecular complexity index is 600. The van der Waals surface area contributed by atoms with Gasteiger partial charge in [-0.1, -0.05) is 39.1 Å². The third kappa shape index (κ3) is 3.74. The molecule has 112 valence electrons. The molecule has 1 aromatic carbocycles. The zero-order valence-electron chi connectivity index (χ0n) is 11.7. The predicted octanol–water partition coefficient (Wildman–Crippen LogP) is 2.17. The van der Waals surface area contributed by atoms with Crippen molar-refractivity contribution in [1.82, 2.24) is 4.72 Å². The normalized spacial score (nSPS) is 13.4. The second-order valence-electron chi connectivity index (χ2n) is 4.86. The SMILES string of the molecule is CCC(NS(=O)(=O)c1cccc(F)c1C(N)=S)C(C)C. The highest BCUT2D eigenvalue weighted by molar-refractivity contribution is 7.89. The molecule has 1 atom stereocenters. The van der Waals surface area contributed by atoms with Gasteiger partial charge in [0, 0.05) is 6.04 Å². The minimum atomic E-state index is -3.87. The van der Waals surface area contributed by atoms with Gasteiger partial charge in [0.2, 0.25) is 10.0 Å². The Morgan fingerprint density at radius 1 is 1.45 bits per heavy atom. The number of rotatable bonds is 6. The van der Waals surface area contributed by atoms with E-state index in [1.807, 2.05) is 20.8 Å². The fourth-order valence-corrected chi connectivity index (χ4v) is 3.89. The molecule has 0 spiro atoms. The van der Waals surface area contributed by atoms with Crippen LogP contribution >= 0.6 is 12.2 Å². The Morgan fingerprint density at radius 2 is 2.05 bits per heavy atom. The standard InChI is InChI=1S/C13H19FN2O2S2/c1-4-10(8(2)3)16-20(17,18)11-7-5-6-9(14)12(11)13(15)19/h5-8,10,16H,4H2,1-3H3,(H2,15,19). The molecular weight excluding hydrogens is 299 g/mol. The lowest BCUT2D eigenvalue weighted by Crippen LogP contribution is -2.38. The van der Waals surface area contributed by atoms with E-state index in [0.717, 1.165) is 6.07 Å². The van der Waals surface area contributed by atoms with Crippen molar-refractivity contribution in [1.29, 1.82) is 0 Å². The smallest absolute Gasteiger partial charge is 0.241 e. The molecule has 7 heteroatoms. The van der Waals surface area contributed by atoms with Gasteiger partial charge in [-0.25, -0.2) is 17.5 Å². The van der Waals surface area contributed by atoms with Crippen LogP contribution in [0.3, 0.4) is 0 Å². The molecule has 4 nitrogen and oxygen atoms in total. The fraction of sp³-hybridized carbons (Fsp3) is 0.462. The summed E-state index contributed by atoms with van der Waals surface area (Å²) in [7, 11) is -3.87. The molecule has 1 rings (SSSR count). The first-order valence-corrected chi connectivity index (χ1v) is 8.20. The van der Waals surface area contributed by atoms with Gasteiger partial charge in [-0.2, -0.15) is 0 Å². The number of hydrogen-bond donors (Lipinski definition) is 2. The van der Waals surface area contributed by atoms with Crippen LogP contribution in [-0.2, 0) is 10.0 Å². The maximum Gasteiger partial charge on any atom is 0.241 e. The van der Waals surface area contributed by atoms with Crippen molar-refractivity contribution in [3.05, 3.63) is 29.6 Å². The van der Waals surface area contributed by atoms with E-state index in [0.29, 0.717) is 6.42 Å². The molecule has 0 radical (unpaired) electrons. The molecule has 0 amide bonds. The van der Waals surface area contributed by atoms with Gasteiger partial charge in [0.05, 0.1) is 10.5 Å². The van der Waals surface area contributed by atoms with Crippen LogP contribution in [0.2, 0.25) is 0 Å². The maximum atomic E-state index is 13.7. The number of nitrogens with one attached hydrogen (secondary N) is 1. The van der Waals surface area contributed by atoms with Gasteiger partial charge in [0.1, 0.15) is 10.8 Å². The molecule has 0 saturated heterocycles. The summed E-state index contributed by atoms with van der Waals surface area (Å²) in [5.74, 6) is -0.616. The molecule has 3 N–H and O–H groups in total. The fourth-order valence-electron chi connectivity index (χ4n) is 1.92. The van der Waals surface area contributed by atoms with Crippen LogP contribution < -0.4 is 10.5 Å². The Hall–Kier alpha value is -1.05. The van der Waals surface area contributed by atoms with Crippen molar-refractivity contribution in [2.45, 2.75) is 38.1 Å². The van der Waals surface area contributed by atoms with Crippen molar-refractivity contribution in [3.8, 4) is 0 Å². The van der Waals surface area contributed by atoms with Crippen LogP contribution in [0, 0.1) is 11.7 Å². The van der Waals surface area contributed by atoms with Crippen molar-refractivity contribution < 1.29 is 12.8 Å². The molecule has 0 saturated carbocycles. The highest BCUT2D eigenvalue weighted by Crippen LogP contribution is 2.20. The van der Waals surface area contributed by atoms with Crippen molar-refractivity contribution in [2.24, 2.45) is 11.7 Å². The monoisotopic (exact) mass is 318 g/mol. The average Bonchev–Trinajstić information content (AvgIpc) is 2.34. The summed E-state index contributed by atoms with van der Waals surface area (Å²) in [5, 5.41) is 0. The predicted molar refractivity (Wildman–Crippen MR) is 81.5 cm³/mol. The summed E-state index contributed by atoms with van der Waals surface area (Å²) in [6.07, 6.45) is 0.634. The minimum Gasteiger partial charge on any atom is -0.389 e. The Morgan fingerprint density at radius 3 is 2.50 bits per heavy atom. The van der Waals surface area contributed by atoms with Crippen LogP contribution in [0.5, 0.6) is 0 Å². The minimum absolute atomic E-state index is 0.122. The largest absolute Gasteiger partial charge is 0.389 e. The number of hydrogen-bond acceptors (Lipinski definition) is 3. The molecule has 0 aliphatic rings. The first-order chi connectivity index (χ1) is 9.20. The highest BCUT2D eigenvalue weighted by atomic mass is 32.2. The molecule has 0 heterocycles. The van der Waals surface area contributed by atoms with E-state index >= 15 is 0 Å². The number of nitrogens with two attached hydrogens (primary N) is 1. The van der Waals surface area contributed by atoms with E-state index in [4.69, 9.17) is 18.0 Å². The summed E-state index contributed by atoms with van der Waals surface area (Å²) in [6.45, 7) is 5.71. The lowest BCUT2D eigenvalue weighted by molar-refractivity contribution is 0.437. The molecule has 0 aliphatic heterocycles. The van der Waals surface area contributed by atoms with Crippen LogP contribution in [0.1, 0.15) is 32.8 Å². The second-order valence-corrected chi connectivity index (χ2v) is 6.98. The zero-order valence-corrected chi connectivity index (χ0v) is 13.3. The third-order valence-corrected chi connectivity index (χ3v) is 4.80. The van der Waals surface area contributed by atoms with Gasteiger partial charge < -0.3 is 5.73 Å². The molecule has 0 aromatic heterocycles. The van der Waals surface area contributed by atoms with E-state index in [-0.39, 0.29) is 27.4 Å². The first-order valence-electron chi connectivity index (χ1n) is 6.31. The van der Waals surface area contributed by atoms with Crippen LogP contribution in [0.4, 0.5) is 4.39 Å². The summed E-state index contributed by atoms with van der Waals surface area (Å²) in [4.78, 5) is -0.495. The van der Waals surface area contributed by atoms with Gasteiger partial charge in [-0.3, -0.25) is 0 Å². The molecule has 1 aromatic rings. The van der Waals surface area contributed by atoms with E-state index in [1.165, 1.54) is 12.1 Å². The molecule has 0 fully saturated rings. The Kier molecular flexibility index (Phi) is 5.61. The van der Waals surface area contributed by atoms with Crippen molar-refractivity contribution in [2.75, 3.05) is 0 Å². The first kappa shape index (κ1) is 17.0. The van der Waals surface area contributed by atoms with Gasteiger partial charge in [0.25, 0.3) is 0 Å². The Balaban J connectivity index is 3.30. The maximum absolute atomic E-state index is 13.7. The number of benzene rings is 1. The molecule has 0 bridgehead atoms. The summed E-state index contributed by atoms with van der Waals surface area (Å²) < 4.78 is 41.1. The van der Waals surface area contributed by atoms with Gasteiger partial charge in [0.15, 0.2) is 0 Å². The molecule has 20 heavy (non-hydrogen) atoms. The van der Waals surface area contributed by atoms with Crippen LogP contribution in [-0.4, -0.2) is 19.4 Å². The van der Waals surface area contributed by atoms with Gasteiger partial charge >= 0.3 is 0 Å². The van der Waals surface area contributed by atoms with E-state index in [9.17, 15) is 12.8 Å². The Labute approximate surface area is 124 Å². The third-order valence-electron chi connectivity index (χ3n) is 3.06. The summed E-state index contributed by atoms with van der Waals surface area (Å²) >= 11 is 4.75. The van der Waals surface area contributed by atoms with Gasteiger partial charge in [-0.05, 0) is 24.5 Å². The number of sulfonamides is 1. The molecule has 1 unspecified atom stereocenters. The van der Waals surface area contributed by atoms with E-state index in [1.54, 1.807) is 0 Å². The second kappa shape index (κ2) is 6.60. The average molecular weight is 318 g/mol. The van der Waals surface area contributed by atoms with Crippen LogP contribution in [0.25, 0.3) is 0 Å². The lowest BCUT2D eigenvalue weighted by Gasteiger charge is -2.21. The summed E-state index contributed by atoms with van der Waals surface area (Å²) in [5.41, 5.74) is 5.19. The van der Waals surface area contributed by atoms with Crippen molar-refractivity contribution in [3.63, 3.8) is 0 Å². The number of halogens is 1. The molecular formula is C13H19FN2O2S2. The van der Waals surface area contributed by atoms with Gasteiger partial charge in [-0.15, -0.1) is 0 Å². The van der Waals surface area contributed by atoms with E-state index < -0.39 is 15.8 Å². The molecule has 0 aliphatic carbocycles. The summed E-state index contributed by atoms with van der Waals surface area (Å²) in [6, 6.07) is 3.52. The topological polar surface area (TPSA) is 72.2 Å². The highest BCUT2D eigenvalue weighted by Gasteiger charge is 2.26. The van der Waals surface area contributed by atoms with Crippen LogP contribution in [0.15, 0.2) is 23.1 Å². The van der Waals surface area contributed by atoms with Crippen molar-refractivity contribution >= 4 is 27.2 Å².